The van der Waals surface area contributed by atoms with E-state index in [1.165, 1.54) is 11.1 Å². The number of benzene rings is 2. The van der Waals surface area contributed by atoms with Crippen molar-refractivity contribution in [2.45, 2.75) is 26.2 Å². The molecule has 0 fully saturated rings. The van der Waals surface area contributed by atoms with Crippen molar-refractivity contribution in [3.05, 3.63) is 89.7 Å². The zero-order valence-electron chi connectivity index (χ0n) is 15.5. The van der Waals surface area contributed by atoms with E-state index >= 15 is 0 Å². The summed E-state index contributed by atoms with van der Waals surface area (Å²) < 4.78 is 5.63. The predicted molar refractivity (Wildman–Crippen MR) is 108 cm³/mol. The van der Waals surface area contributed by atoms with Crippen LogP contribution >= 0.6 is 0 Å². The highest BCUT2D eigenvalue weighted by Crippen LogP contribution is 2.16. The monoisotopic (exact) mass is 360 g/mol. The van der Waals surface area contributed by atoms with Crippen LogP contribution in [0.15, 0.2) is 73.1 Å². The fourth-order valence-electron chi connectivity index (χ4n) is 2.68. The molecule has 2 aromatic carbocycles. The Morgan fingerprint density at radius 3 is 2.26 bits per heavy atom. The van der Waals surface area contributed by atoms with Crippen LogP contribution in [0.5, 0.6) is 5.75 Å². The normalized spacial score (nSPS) is 10.4. The van der Waals surface area contributed by atoms with Crippen LogP contribution in [0.4, 0.5) is 5.69 Å². The Kier molecular flexibility index (Phi) is 6.58. The van der Waals surface area contributed by atoms with E-state index in [1.807, 2.05) is 48.5 Å². The average Bonchev–Trinajstić information content (AvgIpc) is 2.71. The van der Waals surface area contributed by atoms with E-state index in [0.717, 1.165) is 30.7 Å². The number of amides is 1. The minimum Gasteiger partial charge on any atom is -0.494 e. The number of unbranched alkanes of at least 4 members (excludes halogenated alkanes) is 1. The van der Waals surface area contributed by atoms with E-state index < -0.39 is 0 Å². The molecule has 0 atom stereocenters. The first-order chi connectivity index (χ1) is 13.2. The molecule has 0 radical (unpaired) electrons. The van der Waals surface area contributed by atoms with Crippen LogP contribution < -0.4 is 10.1 Å². The van der Waals surface area contributed by atoms with Gasteiger partial charge in [-0.2, -0.15) is 0 Å². The quantitative estimate of drug-likeness (QED) is 0.568. The zero-order chi connectivity index (χ0) is 18.9. The first kappa shape index (κ1) is 18.6. The Labute approximate surface area is 160 Å². The summed E-state index contributed by atoms with van der Waals surface area (Å²) in [6, 6.07) is 19.2. The summed E-state index contributed by atoms with van der Waals surface area (Å²) in [5, 5.41) is 2.93. The second kappa shape index (κ2) is 9.53. The summed E-state index contributed by atoms with van der Waals surface area (Å²) in [7, 11) is 0. The highest BCUT2D eigenvalue weighted by Gasteiger charge is 2.06. The molecular weight excluding hydrogens is 336 g/mol. The molecule has 4 nitrogen and oxygen atoms in total. The minimum absolute atomic E-state index is 0.128. The summed E-state index contributed by atoms with van der Waals surface area (Å²) in [4.78, 5) is 16.4. The first-order valence-electron chi connectivity index (χ1n) is 9.26. The van der Waals surface area contributed by atoms with Crippen molar-refractivity contribution in [1.82, 2.24) is 4.98 Å². The summed E-state index contributed by atoms with van der Waals surface area (Å²) in [5.41, 5.74) is 3.79. The third-order valence-electron chi connectivity index (χ3n) is 4.25. The molecule has 138 valence electrons. The largest absolute Gasteiger partial charge is 0.494 e. The van der Waals surface area contributed by atoms with Crippen LogP contribution in [0.2, 0.25) is 0 Å². The lowest BCUT2D eigenvalue weighted by Crippen LogP contribution is -2.11. The highest BCUT2D eigenvalue weighted by molar-refractivity contribution is 6.04. The van der Waals surface area contributed by atoms with E-state index in [2.05, 4.69) is 17.2 Å². The van der Waals surface area contributed by atoms with Gasteiger partial charge in [-0.1, -0.05) is 25.5 Å². The van der Waals surface area contributed by atoms with Gasteiger partial charge in [0.05, 0.1) is 6.61 Å². The third-order valence-corrected chi connectivity index (χ3v) is 4.25. The fraction of sp³-hybridized carbons (Fsp3) is 0.217. The molecule has 0 saturated heterocycles. The molecule has 27 heavy (non-hydrogen) atoms. The Balaban J connectivity index is 1.55. The maximum Gasteiger partial charge on any atom is 0.255 e. The van der Waals surface area contributed by atoms with Crippen molar-refractivity contribution >= 4 is 11.6 Å². The molecule has 4 heteroatoms. The van der Waals surface area contributed by atoms with Gasteiger partial charge in [-0.25, -0.2) is 0 Å². The van der Waals surface area contributed by atoms with E-state index in [1.54, 1.807) is 24.5 Å². The molecule has 1 amide bonds. The predicted octanol–water partition coefficient (Wildman–Crippen LogP) is 5.10. The number of rotatable bonds is 8. The second-order valence-electron chi connectivity index (χ2n) is 6.41. The fourth-order valence-corrected chi connectivity index (χ4v) is 2.68. The molecule has 0 aliphatic carbocycles. The first-order valence-corrected chi connectivity index (χ1v) is 9.26. The Morgan fingerprint density at radius 2 is 1.59 bits per heavy atom. The lowest BCUT2D eigenvalue weighted by molar-refractivity contribution is 0.102. The summed E-state index contributed by atoms with van der Waals surface area (Å²) in [6.07, 6.45) is 6.56. The molecule has 0 saturated carbocycles. The van der Waals surface area contributed by atoms with Crippen molar-refractivity contribution in [1.29, 1.82) is 0 Å². The molecule has 0 spiro atoms. The summed E-state index contributed by atoms with van der Waals surface area (Å²) in [6.45, 7) is 2.83. The molecule has 1 aromatic heterocycles. The molecule has 0 unspecified atom stereocenters. The number of carbonyl (C=O) groups is 1. The molecule has 0 aliphatic heterocycles. The summed E-state index contributed by atoms with van der Waals surface area (Å²) in [5.74, 6) is 0.664. The topological polar surface area (TPSA) is 51.2 Å². The number of hydrogen-bond acceptors (Lipinski definition) is 3. The average molecular weight is 360 g/mol. The molecule has 0 aliphatic rings. The van der Waals surface area contributed by atoms with Gasteiger partial charge in [-0.05, 0) is 72.5 Å². The van der Waals surface area contributed by atoms with Crippen molar-refractivity contribution in [2.75, 3.05) is 11.9 Å². The molecular formula is C23H24N2O2. The molecule has 3 rings (SSSR count). The molecule has 1 N–H and O–H groups in total. The SMILES string of the molecule is CCCCOc1ccc(C(=O)Nc2ccc(Cc3ccncc3)cc2)cc1. The number of anilines is 1. The van der Waals surface area contributed by atoms with Crippen LogP contribution in [0.1, 0.15) is 41.3 Å². The lowest BCUT2D eigenvalue weighted by Gasteiger charge is -2.08. The number of nitrogens with one attached hydrogen (secondary N) is 1. The Morgan fingerprint density at radius 1 is 0.926 bits per heavy atom. The standard InChI is InChI=1S/C23H24N2O2/c1-2-3-16-27-22-10-6-20(7-11-22)23(26)25-21-8-4-18(5-9-21)17-19-12-14-24-15-13-19/h4-15H,2-3,16-17H2,1H3,(H,25,26). The highest BCUT2D eigenvalue weighted by atomic mass is 16.5. The van der Waals surface area contributed by atoms with Crippen LogP contribution in [0.25, 0.3) is 0 Å². The van der Waals surface area contributed by atoms with E-state index in [4.69, 9.17) is 4.74 Å². The van der Waals surface area contributed by atoms with Crippen LogP contribution in [-0.2, 0) is 6.42 Å². The third kappa shape index (κ3) is 5.68. The molecule has 1 heterocycles. The maximum absolute atomic E-state index is 12.4. The second-order valence-corrected chi connectivity index (χ2v) is 6.41. The minimum atomic E-state index is -0.128. The molecule has 0 bridgehead atoms. The Bertz CT molecular complexity index is 844. The smallest absolute Gasteiger partial charge is 0.255 e. The van der Waals surface area contributed by atoms with E-state index in [0.29, 0.717) is 12.2 Å². The van der Waals surface area contributed by atoms with Crippen molar-refractivity contribution in [3.8, 4) is 5.75 Å². The lowest BCUT2D eigenvalue weighted by atomic mass is 10.1. The summed E-state index contributed by atoms with van der Waals surface area (Å²) >= 11 is 0. The van der Waals surface area contributed by atoms with Gasteiger partial charge in [0.1, 0.15) is 5.75 Å². The van der Waals surface area contributed by atoms with Gasteiger partial charge in [0.15, 0.2) is 0 Å². The zero-order valence-corrected chi connectivity index (χ0v) is 15.5. The van der Waals surface area contributed by atoms with Gasteiger partial charge in [0.25, 0.3) is 5.91 Å². The van der Waals surface area contributed by atoms with Gasteiger partial charge >= 0.3 is 0 Å². The van der Waals surface area contributed by atoms with Crippen LogP contribution in [0, 0.1) is 0 Å². The van der Waals surface area contributed by atoms with Gasteiger partial charge in [0, 0.05) is 23.6 Å². The van der Waals surface area contributed by atoms with E-state index in [-0.39, 0.29) is 5.91 Å². The maximum atomic E-state index is 12.4. The van der Waals surface area contributed by atoms with Crippen LogP contribution in [-0.4, -0.2) is 17.5 Å². The number of nitrogens with zero attached hydrogens (tertiary/aromatic N) is 1. The number of pyridine rings is 1. The van der Waals surface area contributed by atoms with Gasteiger partial charge in [-0.3, -0.25) is 9.78 Å². The number of carbonyl (C=O) groups excluding carboxylic acids is 1. The number of aromatic nitrogens is 1. The van der Waals surface area contributed by atoms with Gasteiger partial charge in [-0.15, -0.1) is 0 Å². The van der Waals surface area contributed by atoms with E-state index in [9.17, 15) is 4.79 Å². The van der Waals surface area contributed by atoms with Crippen molar-refractivity contribution < 1.29 is 9.53 Å². The van der Waals surface area contributed by atoms with Crippen molar-refractivity contribution in [3.63, 3.8) is 0 Å². The van der Waals surface area contributed by atoms with Crippen molar-refractivity contribution in [2.24, 2.45) is 0 Å². The number of hydrogen-bond donors (Lipinski definition) is 1. The van der Waals surface area contributed by atoms with Gasteiger partial charge < -0.3 is 10.1 Å². The van der Waals surface area contributed by atoms with Crippen LogP contribution in [0.3, 0.4) is 0 Å². The number of ether oxygens (including phenoxy) is 1. The molecule has 3 aromatic rings. The Hall–Kier alpha value is -3.14. The van der Waals surface area contributed by atoms with Gasteiger partial charge in [0.2, 0.25) is 0 Å².